The van der Waals surface area contributed by atoms with Crippen LogP contribution >= 0.6 is 0 Å². The quantitative estimate of drug-likeness (QED) is 0.563. The zero-order valence-electron chi connectivity index (χ0n) is 9.32. The highest BCUT2D eigenvalue weighted by Crippen LogP contribution is 2.13. The second-order valence-electron chi connectivity index (χ2n) is 4.02. The van der Waals surface area contributed by atoms with Crippen molar-refractivity contribution in [3.8, 4) is 0 Å². The van der Waals surface area contributed by atoms with Crippen LogP contribution in [0.4, 0.5) is 0 Å². The Morgan fingerprint density at radius 2 is 2.40 bits per heavy atom. The molecule has 1 N–H and O–H groups in total. The maximum Gasteiger partial charge on any atom is 0.306 e. The predicted molar refractivity (Wildman–Crippen MR) is 58.4 cm³/mol. The number of rotatable bonds is 2. The average molecular weight is 212 g/mol. The van der Waals surface area contributed by atoms with E-state index in [0.29, 0.717) is 19.3 Å². The van der Waals surface area contributed by atoms with Gasteiger partial charge in [0.15, 0.2) is 0 Å². The van der Waals surface area contributed by atoms with E-state index < -0.39 is 6.10 Å². The monoisotopic (exact) mass is 212 g/mol. The van der Waals surface area contributed by atoms with Crippen molar-refractivity contribution in [3.63, 3.8) is 0 Å². The molecular weight excluding hydrogens is 192 g/mol. The number of aliphatic hydroxyl groups excluding tert-OH is 1. The molecule has 0 aromatic heterocycles. The highest BCUT2D eigenvalue weighted by atomic mass is 16.5. The van der Waals surface area contributed by atoms with Gasteiger partial charge in [-0.3, -0.25) is 4.79 Å². The van der Waals surface area contributed by atoms with E-state index in [0.717, 1.165) is 19.3 Å². The fourth-order valence-corrected chi connectivity index (χ4v) is 1.73. The van der Waals surface area contributed by atoms with Gasteiger partial charge in [0.1, 0.15) is 6.10 Å². The third-order valence-corrected chi connectivity index (χ3v) is 2.55. The summed E-state index contributed by atoms with van der Waals surface area (Å²) in [4.78, 5) is 11.4. The van der Waals surface area contributed by atoms with Gasteiger partial charge in [-0.1, -0.05) is 25.5 Å². The lowest BCUT2D eigenvalue weighted by Crippen LogP contribution is -2.19. The Labute approximate surface area is 91.1 Å². The molecule has 1 unspecified atom stereocenters. The zero-order valence-corrected chi connectivity index (χ0v) is 9.32. The molecule has 1 rings (SSSR count). The fourth-order valence-electron chi connectivity index (χ4n) is 1.73. The number of carbonyl (C=O) groups is 1. The lowest BCUT2D eigenvalue weighted by Gasteiger charge is -2.17. The van der Waals surface area contributed by atoms with Crippen molar-refractivity contribution in [1.29, 1.82) is 0 Å². The highest BCUT2D eigenvalue weighted by molar-refractivity contribution is 5.69. The molecule has 0 amide bonds. The molecule has 3 nitrogen and oxygen atoms in total. The van der Waals surface area contributed by atoms with Crippen LogP contribution in [0.15, 0.2) is 12.2 Å². The molecule has 1 aliphatic heterocycles. The smallest absolute Gasteiger partial charge is 0.306 e. The molecule has 3 heteroatoms. The summed E-state index contributed by atoms with van der Waals surface area (Å²) < 4.78 is 5.33. The van der Waals surface area contributed by atoms with Crippen molar-refractivity contribution in [1.82, 2.24) is 0 Å². The molecule has 0 aromatic rings. The molecule has 0 radical (unpaired) electrons. The van der Waals surface area contributed by atoms with Crippen LogP contribution in [0.3, 0.4) is 0 Å². The van der Waals surface area contributed by atoms with Crippen LogP contribution in [0.2, 0.25) is 0 Å². The molecule has 0 spiro atoms. The zero-order chi connectivity index (χ0) is 11.1. The summed E-state index contributed by atoms with van der Waals surface area (Å²) in [5.74, 6) is -0.129. The SMILES string of the molecule is CCCC1C/C=C/[C@H](O)CCCC(=O)O1. The summed E-state index contributed by atoms with van der Waals surface area (Å²) in [6.45, 7) is 2.07. The fraction of sp³-hybridized carbons (Fsp3) is 0.750. The average Bonchev–Trinajstić information content (AvgIpc) is 2.17. The van der Waals surface area contributed by atoms with Crippen LogP contribution in [0, 0.1) is 0 Å². The van der Waals surface area contributed by atoms with Crippen molar-refractivity contribution in [3.05, 3.63) is 12.2 Å². The van der Waals surface area contributed by atoms with Crippen LogP contribution in [-0.4, -0.2) is 23.3 Å². The maximum atomic E-state index is 11.4. The second kappa shape index (κ2) is 6.62. The topological polar surface area (TPSA) is 46.5 Å². The van der Waals surface area contributed by atoms with Gasteiger partial charge in [-0.25, -0.2) is 0 Å². The van der Waals surface area contributed by atoms with Gasteiger partial charge in [0.05, 0.1) is 6.10 Å². The van der Waals surface area contributed by atoms with Crippen molar-refractivity contribution >= 4 is 5.97 Å². The minimum atomic E-state index is -0.404. The van der Waals surface area contributed by atoms with E-state index in [1.165, 1.54) is 0 Å². The summed E-state index contributed by atoms with van der Waals surface area (Å²) in [6.07, 6.45) is 7.70. The Bertz CT molecular complexity index is 223. The van der Waals surface area contributed by atoms with Gasteiger partial charge in [0.25, 0.3) is 0 Å². The number of ether oxygens (including phenoxy) is 1. The van der Waals surface area contributed by atoms with Crippen LogP contribution in [0.5, 0.6) is 0 Å². The largest absolute Gasteiger partial charge is 0.462 e. The Balaban J connectivity index is 2.53. The van der Waals surface area contributed by atoms with E-state index in [1.54, 1.807) is 0 Å². The number of hydrogen-bond donors (Lipinski definition) is 1. The lowest BCUT2D eigenvalue weighted by atomic mass is 10.1. The van der Waals surface area contributed by atoms with E-state index in [2.05, 4.69) is 6.92 Å². The number of hydrogen-bond acceptors (Lipinski definition) is 3. The molecule has 0 saturated heterocycles. The molecular formula is C12H20O3. The number of cyclic esters (lactones) is 1. The van der Waals surface area contributed by atoms with Crippen LogP contribution in [-0.2, 0) is 9.53 Å². The first kappa shape index (κ1) is 12.2. The first-order valence-corrected chi connectivity index (χ1v) is 5.76. The van der Waals surface area contributed by atoms with Gasteiger partial charge in [-0.15, -0.1) is 0 Å². The van der Waals surface area contributed by atoms with Crippen LogP contribution in [0.1, 0.15) is 45.4 Å². The summed E-state index contributed by atoms with van der Waals surface area (Å²) in [7, 11) is 0. The van der Waals surface area contributed by atoms with E-state index in [9.17, 15) is 9.90 Å². The molecule has 0 aromatic carbocycles. The van der Waals surface area contributed by atoms with Crippen molar-refractivity contribution < 1.29 is 14.6 Å². The van der Waals surface area contributed by atoms with Gasteiger partial charge >= 0.3 is 5.97 Å². The molecule has 86 valence electrons. The normalized spacial score (nSPS) is 30.7. The van der Waals surface area contributed by atoms with E-state index in [1.807, 2.05) is 12.2 Å². The molecule has 15 heavy (non-hydrogen) atoms. The first-order valence-electron chi connectivity index (χ1n) is 5.76. The van der Waals surface area contributed by atoms with Gasteiger partial charge in [-0.05, 0) is 19.3 Å². The molecule has 0 bridgehead atoms. The van der Waals surface area contributed by atoms with Crippen molar-refractivity contribution in [2.24, 2.45) is 0 Å². The van der Waals surface area contributed by atoms with Gasteiger partial charge in [-0.2, -0.15) is 0 Å². The molecule has 0 saturated carbocycles. The molecule has 2 atom stereocenters. The van der Waals surface area contributed by atoms with Gasteiger partial charge in [0, 0.05) is 12.8 Å². The number of carbonyl (C=O) groups excluding carboxylic acids is 1. The number of aliphatic hydroxyl groups is 1. The van der Waals surface area contributed by atoms with E-state index in [4.69, 9.17) is 4.74 Å². The second-order valence-corrected chi connectivity index (χ2v) is 4.02. The first-order chi connectivity index (χ1) is 7.22. The highest BCUT2D eigenvalue weighted by Gasteiger charge is 2.14. The molecule has 1 aliphatic rings. The Morgan fingerprint density at radius 1 is 1.60 bits per heavy atom. The maximum absolute atomic E-state index is 11.4. The van der Waals surface area contributed by atoms with E-state index >= 15 is 0 Å². The third-order valence-electron chi connectivity index (χ3n) is 2.55. The Kier molecular flexibility index (Phi) is 5.40. The van der Waals surface area contributed by atoms with Crippen LogP contribution in [0.25, 0.3) is 0 Å². The van der Waals surface area contributed by atoms with E-state index in [-0.39, 0.29) is 12.1 Å². The Morgan fingerprint density at radius 3 is 3.13 bits per heavy atom. The van der Waals surface area contributed by atoms with Crippen LogP contribution < -0.4 is 0 Å². The van der Waals surface area contributed by atoms with Crippen molar-refractivity contribution in [2.45, 2.75) is 57.7 Å². The summed E-state index contributed by atoms with van der Waals surface area (Å²) >= 11 is 0. The summed E-state index contributed by atoms with van der Waals surface area (Å²) in [5, 5.41) is 9.49. The minimum Gasteiger partial charge on any atom is -0.462 e. The third kappa shape index (κ3) is 4.98. The minimum absolute atomic E-state index is 0.0101. The summed E-state index contributed by atoms with van der Waals surface area (Å²) in [6, 6.07) is 0. The summed E-state index contributed by atoms with van der Waals surface area (Å²) in [5.41, 5.74) is 0. The molecule has 0 aliphatic carbocycles. The van der Waals surface area contributed by atoms with Crippen molar-refractivity contribution in [2.75, 3.05) is 0 Å². The number of esters is 1. The molecule has 0 fully saturated rings. The lowest BCUT2D eigenvalue weighted by molar-refractivity contribution is -0.149. The molecule has 1 heterocycles. The predicted octanol–water partition coefficient (Wildman–Crippen LogP) is 2.19. The Hall–Kier alpha value is -0.830. The van der Waals surface area contributed by atoms with Gasteiger partial charge in [0.2, 0.25) is 0 Å². The standard InChI is InChI=1S/C12H20O3/c1-2-5-11-8-3-6-10(13)7-4-9-12(14)15-11/h3,6,10-11,13H,2,4-5,7-9H2,1H3/b6-3+/t10-,11?/m0/s1. The van der Waals surface area contributed by atoms with Gasteiger partial charge < -0.3 is 9.84 Å².